The summed E-state index contributed by atoms with van der Waals surface area (Å²) in [5.41, 5.74) is -0.434. The van der Waals surface area contributed by atoms with Crippen molar-refractivity contribution in [3.8, 4) is 11.6 Å². The van der Waals surface area contributed by atoms with E-state index in [0.29, 0.717) is 24.5 Å². The SMILES string of the molecule is CCCCOc1nc(Nc2ccccc2OCC)ncc1C(F)(F)F. The summed E-state index contributed by atoms with van der Waals surface area (Å²) in [6.07, 6.45) is -2.42. The Morgan fingerprint density at radius 1 is 1.12 bits per heavy atom. The molecule has 8 heteroatoms. The highest BCUT2D eigenvalue weighted by molar-refractivity contribution is 5.62. The Labute approximate surface area is 144 Å². The third-order valence-electron chi connectivity index (χ3n) is 3.23. The highest BCUT2D eigenvalue weighted by atomic mass is 19.4. The van der Waals surface area contributed by atoms with Crippen molar-refractivity contribution in [1.29, 1.82) is 0 Å². The number of rotatable bonds is 8. The maximum atomic E-state index is 13.1. The molecule has 5 nitrogen and oxygen atoms in total. The van der Waals surface area contributed by atoms with Crippen molar-refractivity contribution < 1.29 is 22.6 Å². The van der Waals surface area contributed by atoms with Gasteiger partial charge in [0.15, 0.2) is 0 Å². The molecule has 0 aliphatic rings. The molecule has 0 amide bonds. The Morgan fingerprint density at radius 2 is 1.88 bits per heavy atom. The summed E-state index contributed by atoms with van der Waals surface area (Å²) in [5.74, 6) is 0.0842. The van der Waals surface area contributed by atoms with Crippen molar-refractivity contribution in [3.63, 3.8) is 0 Å². The van der Waals surface area contributed by atoms with E-state index in [1.165, 1.54) is 0 Å². The molecule has 25 heavy (non-hydrogen) atoms. The van der Waals surface area contributed by atoms with Gasteiger partial charge in [0.25, 0.3) is 0 Å². The Morgan fingerprint density at radius 3 is 2.56 bits per heavy atom. The van der Waals surface area contributed by atoms with Gasteiger partial charge >= 0.3 is 6.18 Å². The number of aromatic nitrogens is 2. The lowest BCUT2D eigenvalue weighted by molar-refractivity contribution is -0.139. The van der Waals surface area contributed by atoms with Crippen molar-refractivity contribution in [2.24, 2.45) is 0 Å². The second-order valence-electron chi connectivity index (χ2n) is 5.17. The van der Waals surface area contributed by atoms with Crippen molar-refractivity contribution >= 4 is 11.6 Å². The summed E-state index contributed by atoms with van der Waals surface area (Å²) in [7, 11) is 0. The first-order chi connectivity index (χ1) is 12.0. The van der Waals surface area contributed by atoms with Crippen LogP contribution in [0.2, 0.25) is 0 Å². The van der Waals surface area contributed by atoms with Gasteiger partial charge in [0.05, 0.1) is 18.9 Å². The number of unbranched alkanes of at least 4 members (excludes halogenated alkanes) is 1. The van der Waals surface area contributed by atoms with Crippen LogP contribution in [-0.4, -0.2) is 23.2 Å². The Balaban J connectivity index is 2.28. The number of nitrogens with zero attached hydrogens (tertiary/aromatic N) is 2. The first-order valence-corrected chi connectivity index (χ1v) is 8.01. The summed E-state index contributed by atoms with van der Waals surface area (Å²) in [6, 6.07) is 7.04. The number of hydrogen-bond acceptors (Lipinski definition) is 5. The number of anilines is 2. The highest BCUT2D eigenvalue weighted by Crippen LogP contribution is 2.36. The zero-order valence-corrected chi connectivity index (χ0v) is 14.1. The van der Waals surface area contributed by atoms with Crippen molar-refractivity contribution in [2.45, 2.75) is 32.9 Å². The minimum Gasteiger partial charge on any atom is -0.492 e. The van der Waals surface area contributed by atoms with Crippen LogP contribution >= 0.6 is 0 Å². The number of benzene rings is 1. The minimum atomic E-state index is -4.58. The van der Waals surface area contributed by atoms with E-state index >= 15 is 0 Å². The number of nitrogens with one attached hydrogen (secondary N) is 1. The quantitative estimate of drug-likeness (QED) is 0.688. The highest BCUT2D eigenvalue weighted by Gasteiger charge is 2.36. The standard InChI is InChI=1S/C17H20F3N3O2/c1-3-5-10-25-15-12(17(18,19)20)11-21-16(23-15)22-13-8-6-7-9-14(13)24-4-2/h6-9,11H,3-5,10H2,1-2H3,(H,21,22,23). The van der Waals surface area contributed by atoms with Crippen LogP contribution in [0.5, 0.6) is 11.6 Å². The zero-order chi connectivity index (χ0) is 18.3. The topological polar surface area (TPSA) is 56.3 Å². The van der Waals surface area contributed by atoms with Crippen LogP contribution in [-0.2, 0) is 6.18 Å². The van der Waals surface area contributed by atoms with Crippen molar-refractivity contribution in [2.75, 3.05) is 18.5 Å². The molecule has 1 heterocycles. The van der Waals surface area contributed by atoms with E-state index in [-0.39, 0.29) is 12.6 Å². The van der Waals surface area contributed by atoms with Crippen LogP contribution in [0.1, 0.15) is 32.3 Å². The molecule has 1 N–H and O–H groups in total. The number of halogens is 3. The van der Waals surface area contributed by atoms with E-state index in [1.807, 2.05) is 13.8 Å². The van der Waals surface area contributed by atoms with Crippen molar-refractivity contribution in [3.05, 3.63) is 36.0 Å². The summed E-state index contributed by atoms with van der Waals surface area (Å²) in [5, 5.41) is 2.87. The van der Waals surface area contributed by atoms with Gasteiger partial charge in [-0.1, -0.05) is 25.5 Å². The second kappa shape index (κ2) is 8.55. The van der Waals surface area contributed by atoms with Crippen LogP contribution in [0.15, 0.2) is 30.5 Å². The molecule has 1 aromatic heterocycles. The molecule has 0 atom stereocenters. The predicted octanol–water partition coefficient (Wildman–Crippen LogP) is 4.82. The number of ether oxygens (including phenoxy) is 2. The average molecular weight is 355 g/mol. The maximum Gasteiger partial charge on any atom is 0.423 e. The minimum absolute atomic E-state index is 0.00616. The van der Waals surface area contributed by atoms with Crippen molar-refractivity contribution in [1.82, 2.24) is 9.97 Å². The van der Waals surface area contributed by atoms with Gasteiger partial charge in [0.2, 0.25) is 11.8 Å². The molecule has 0 fully saturated rings. The fraction of sp³-hybridized carbons (Fsp3) is 0.412. The van der Waals surface area contributed by atoms with E-state index in [0.717, 1.165) is 12.6 Å². The van der Waals surface area contributed by atoms with Gasteiger partial charge in [-0.3, -0.25) is 0 Å². The number of para-hydroxylation sites is 2. The van der Waals surface area contributed by atoms with E-state index in [4.69, 9.17) is 9.47 Å². The summed E-state index contributed by atoms with van der Waals surface area (Å²) in [4.78, 5) is 7.64. The van der Waals surface area contributed by atoms with Crippen LogP contribution in [0, 0.1) is 0 Å². The molecule has 0 unspecified atom stereocenters. The molecule has 0 aliphatic heterocycles. The lowest BCUT2D eigenvalue weighted by atomic mass is 10.3. The zero-order valence-electron chi connectivity index (χ0n) is 14.1. The van der Waals surface area contributed by atoms with Gasteiger partial charge in [0, 0.05) is 6.20 Å². The Bertz CT molecular complexity index is 693. The molecule has 1 aromatic carbocycles. The molecule has 0 radical (unpaired) electrons. The first-order valence-electron chi connectivity index (χ1n) is 8.01. The Hall–Kier alpha value is -2.51. The average Bonchev–Trinajstić information content (AvgIpc) is 2.56. The predicted molar refractivity (Wildman–Crippen MR) is 88.3 cm³/mol. The van der Waals surface area contributed by atoms with E-state index in [1.54, 1.807) is 24.3 Å². The molecule has 0 spiro atoms. The van der Waals surface area contributed by atoms with E-state index in [2.05, 4.69) is 15.3 Å². The molecule has 2 aromatic rings. The molecular weight excluding hydrogens is 335 g/mol. The van der Waals surface area contributed by atoms with E-state index < -0.39 is 17.6 Å². The van der Waals surface area contributed by atoms with Gasteiger partial charge in [-0.05, 0) is 25.5 Å². The largest absolute Gasteiger partial charge is 0.492 e. The lowest BCUT2D eigenvalue weighted by Crippen LogP contribution is -2.13. The molecular formula is C17H20F3N3O2. The fourth-order valence-electron chi connectivity index (χ4n) is 2.02. The van der Waals surface area contributed by atoms with Crippen LogP contribution < -0.4 is 14.8 Å². The summed E-state index contributed by atoms with van der Waals surface area (Å²) < 4.78 is 49.9. The second-order valence-corrected chi connectivity index (χ2v) is 5.17. The molecule has 0 aliphatic carbocycles. The van der Waals surface area contributed by atoms with Gasteiger partial charge in [-0.15, -0.1) is 0 Å². The molecule has 0 bridgehead atoms. The Kier molecular flexibility index (Phi) is 6.44. The van der Waals surface area contributed by atoms with E-state index in [9.17, 15) is 13.2 Å². The van der Waals surface area contributed by atoms with Gasteiger partial charge in [-0.25, -0.2) is 4.98 Å². The maximum absolute atomic E-state index is 13.1. The summed E-state index contributed by atoms with van der Waals surface area (Å²) in [6.45, 7) is 4.38. The summed E-state index contributed by atoms with van der Waals surface area (Å²) >= 11 is 0. The number of alkyl halides is 3. The lowest BCUT2D eigenvalue weighted by Gasteiger charge is -2.15. The molecule has 0 saturated carbocycles. The van der Waals surface area contributed by atoms with Gasteiger partial charge in [-0.2, -0.15) is 18.2 Å². The fourth-order valence-corrected chi connectivity index (χ4v) is 2.02. The molecule has 2 rings (SSSR count). The van der Waals surface area contributed by atoms with Crippen LogP contribution in [0.3, 0.4) is 0 Å². The van der Waals surface area contributed by atoms with Gasteiger partial charge < -0.3 is 14.8 Å². The monoisotopic (exact) mass is 355 g/mol. The molecule has 0 saturated heterocycles. The third-order valence-corrected chi connectivity index (χ3v) is 3.23. The first kappa shape index (κ1) is 18.8. The molecule has 136 valence electrons. The normalized spacial score (nSPS) is 11.2. The van der Waals surface area contributed by atoms with Crippen LogP contribution in [0.4, 0.5) is 24.8 Å². The number of hydrogen-bond donors (Lipinski definition) is 1. The van der Waals surface area contributed by atoms with Gasteiger partial charge in [0.1, 0.15) is 11.3 Å². The van der Waals surface area contributed by atoms with Crippen LogP contribution in [0.25, 0.3) is 0 Å². The smallest absolute Gasteiger partial charge is 0.423 e. The third kappa shape index (κ3) is 5.23.